The maximum atomic E-state index is 4.12. The molecule has 0 fully saturated rings. The van der Waals surface area contributed by atoms with Crippen LogP contribution in [0.3, 0.4) is 0 Å². The van der Waals surface area contributed by atoms with Crippen molar-refractivity contribution < 1.29 is 0 Å². The highest BCUT2D eigenvalue weighted by Crippen LogP contribution is 2.31. The number of aromatic nitrogens is 1. The molecule has 1 aromatic rings. The Labute approximate surface area is 130 Å². The van der Waals surface area contributed by atoms with Crippen LogP contribution < -0.4 is 0 Å². The number of allylic oxidation sites excluding steroid dienone is 2. The molecule has 1 heterocycles. The summed E-state index contributed by atoms with van der Waals surface area (Å²) in [4.78, 5) is 0. The van der Waals surface area contributed by atoms with Gasteiger partial charge in [-0.2, -0.15) is 0 Å². The minimum atomic E-state index is 0.451. The molecule has 0 aliphatic carbocycles. The third-order valence-electron chi connectivity index (χ3n) is 4.21. The van der Waals surface area contributed by atoms with Gasteiger partial charge in [-0.25, -0.2) is 0 Å². The summed E-state index contributed by atoms with van der Waals surface area (Å²) in [6.07, 6.45) is 9.24. The van der Waals surface area contributed by atoms with E-state index < -0.39 is 0 Å². The Kier molecular flexibility index (Phi) is 6.02. The quantitative estimate of drug-likeness (QED) is 0.519. The molecule has 1 heteroatoms. The van der Waals surface area contributed by atoms with E-state index in [2.05, 4.69) is 71.1 Å². The standard InChI is InChI=1S/C20H29N/c1-9-16(7)21-17(8)19(13-12-15(6)14(4)5)18(10-2)20(21)11-3/h10-14,16H,2-3,6,9H2,1,4-5,7-8H3/b13-12-. The van der Waals surface area contributed by atoms with E-state index in [1.807, 2.05) is 12.2 Å². The zero-order valence-electron chi connectivity index (χ0n) is 14.2. The smallest absolute Gasteiger partial charge is 0.0485 e. The summed E-state index contributed by atoms with van der Waals surface area (Å²) in [6, 6.07) is 0.451. The van der Waals surface area contributed by atoms with E-state index in [0.717, 1.165) is 23.3 Å². The predicted molar refractivity (Wildman–Crippen MR) is 97.4 cm³/mol. The van der Waals surface area contributed by atoms with E-state index in [0.29, 0.717) is 12.0 Å². The largest absolute Gasteiger partial charge is 0.342 e. The average Bonchev–Trinajstić information content (AvgIpc) is 2.74. The molecule has 1 aromatic heterocycles. The lowest BCUT2D eigenvalue weighted by atomic mass is 10.0. The Hall–Kier alpha value is -1.76. The lowest BCUT2D eigenvalue weighted by molar-refractivity contribution is 0.519. The average molecular weight is 283 g/mol. The Morgan fingerprint density at radius 3 is 2.19 bits per heavy atom. The highest BCUT2D eigenvalue weighted by atomic mass is 15.0. The van der Waals surface area contributed by atoms with Gasteiger partial charge in [-0.3, -0.25) is 0 Å². The van der Waals surface area contributed by atoms with Gasteiger partial charge in [-0.05, 0) is 32.3 Å². The third kappa shape index (κ3) is 3.47. The van der Waals surface area contributed by atoms with Crippen molar-refractivity contribution in [3.05, 3.63) is 53.9 Å². The van der Waals surface area contributed by atoms with Crippen molar-refractivity contribution in [1.29, 1.82) is 0 Å². The van der Waals surface area contributed by atoms with E-state index in [1.54, 1.807) is 0 Å². The number of hydrogen-bond donors (Lipinski definition) is 0. The van der Waals surface area contributed by atoms with Crippen LogP contribution in [0, 0.1) is 12.8 Å². The second-order valence-corrected chi connectivity index (χ2v) is 5.90. The second kappa shape index (κ2) is 7.31. The summed E-state index contributed by atoms with van der Waals surface area (Å²) in [7, 11) is 0. The maximum absolute atomic E-state index is 4.12. The van der Waals surface area contributed by atoms with Crippen LogP contribution in [-0.2, 0) is 0 Å². The molecule has 0 aliphatic rings. The molecule has 21 heavy (non-hydrogen) atoms. The fourth-order valence-electron chi connectivity index (χ4n) is 2.54. The van der Waals surface area contributed by atoms with E-state index in [4.69, 9.17) is 0 Å². The monoisotopic (exact) mass is 283 g/mol. The Balaban J connectivity index is 3.45. The topological polar surface area (TPSA) is 4.93 Å². The second-order valence-electron chi connectivity index (χ2n) is 5.90. The summed E-state index contributed by atoms with van der Waals surface area (Å²) in [5.74, 6) is 0.462. The first-order valence-corrected chi connectivity index (χ1v) is 7.75. The SMILES string of the molecule is C=Cc1c(/C=C\C(=C)C(C)C)c(C)n(C(C)CC)c1C=C. The van der Waals surface area contributed by atoms with Crippen molar-refractivity contribution in [3.8, 4) is 0 Å². The molecule has 114 valence electrons. The molecular weight excluding hydrogens is 254 g/mol. The highest BCUT2D eigenvalue weighted by Gasteiger charge is 2.17. The van der Waals surface area contributed by atoms with Crippen LogP contribution in [0.4, 0.5) is 0 Å². The highest BCUT2D eigenvalue weighted by molar-refractivity contribution is 5.75. The minimum absolute atomic E-state index is 0.451. The molecule has 0 spiro atoms. The van der Waals surface area contributed by atoms with Gasteiger partial charge in [0.2, 0.25) is 0 Å². The lowest BCUT2D eigenvalue weighted by Crippen LogP contribution is -2.07. The van der Waals surface area contributed by atoms with Gasteiger partial charge in [0.15, 0.2) is 0 Å². The van der Waals surface area contributed by atoms with Crippen LogP contribution in [0.1, 0.15) is 62.7 Å². The van der Waals surface area contributed by atoms with Crippen LogP contribution in [0.25, 0.3) is 18.2 Å². The van der Waals surface area contributed by atoms with Crippen LogP contribution >= 0.6 is 0 Å². The van der Waals surface area contributed by atoms with Gasteiger partial charge in [0.05, 0.1) is 0 Å². The van der Waals surface area contributed by atoms with Gasteiger partial charge < -0.3 is 4.57 Å². The molecule has 0 amide bonds. The van der Waals surface area contributed by atoms with Crippen LogP contribution in [0.5, 0.6) is 0 Å². The molecule has 0 radical (unpaired) electrons. The van der Waals surface area contributed by atoms with E-state index >= 15 is 0 Å². The molecular formula is C20H29N. The molecule has 0 saturated carbocycles. The van der Waals surface area contributed by atoms with Crippen molar-refractivity contribution >= 4 is 18.2 Å². The van der Waals surface area contributed by atoms with Crippen LogP contribution in [0.2, 0.25) is 0 Å². The van der Waals surface area contributed by atoms with Gasteiger partial charge in [0.25, 0.3) is 0 Å². The zero-order valence-corrected chi connectivity index (χ0v) is 14.2. The van der Waals surface area contributed by atoms with E-state index in [-0.39, 0.29) is 0 Å². The van der Waals surface area contributed by atoms with Gasteiger partial charge in [0, 0.05) is 28.6 Å². The number of nitrogens with zero attached hydrogens (tertiary/aromatic N) is 1. The van der Waals surface area contributed by atoms with Gasteiger partial charge in [-0.15, -0.1) is 0 Å². The van der Waals surface area contributed by atoms with Crippen molar-refractivity contribution in [1.82, 2.24) is 4.57 Å². The Bertz CT molecular complexity index is 567. The zero-order chi connectivity index (χ0) is 16.2. The molecule has 1 atom stereocenters. The summed E-state index contributed by atoms with van der Waals surface area (Å²) in [6.45, 7) is 23.0. The fraction of sp³-hybridized carbons (Fsp3) is 0.400. The summed E-state index contributed by atoms with van der Waals surface area (Å²) in [5, 5.41) is 0. The molecule has 1 nitrogen and oxygen atoms in total. The summed E-state index contributed by atoms with van der Waals surface area (Å²) in [5.41, 5.74) is 5.95. The lowest BCUT2D eigenvalue weighted by Gasteiger charge is -2.17. The first kappa shape index (κ1) is 17.3. The van der Waals surface area contributed by atoms with Crippen molar-refractivity contribution in [2.24, 2.45) is 5.92 Å². The van der Waals surface area contributed by atoms with Gasteiger partial charge >= 0.3 is 0 Å². The van der Waals surface area contributed by atoms with Crippen molar-refractivity contribution in [2.75, 3.05) is 0 Å². The van der Waals surface area contributed by atoms with E-state index in [1.165, 1.54) is 11.3 Å². The number of hydrogen-bond acceptors (Lipinski definition) is 0. The summed E-state index contributed by atoms with van der Waals surface area (Å²) < 4.78 is 2.36. The third-order valence-corrected chi connectivity index (χ3v) is 4.21. The predicted octanol–water partition coefficient (Wildman–Crippen LogP) is 6.28. The summed E-state index contributed by atoms with van der Waals surface area (Å²) >= 11 is 0. The molecule has 0 N–H and O–H groups in total. The fourth-order valence-corrected chi connectivity index (χ4v) is 2.54. The van der Waals surface area contributed by atoms with E-state index in [9.17, 15) is 0 Å². The molecule has 0 aliphatic heterocycles. The van der Waals surface area contributed by atoms with Crippen LogP contribution in [0.15, 0.2) is 31.4 Å². The molecule has 0 aromatic carbocycles. The normalized spacial score (nSPS) is 12.9. The minimum Gasteiger partial charge on any atom is -0.342 e. The maximum Gasteiger partial charge on any atom is 0.0485 e. The molecule has 0 bridgehead atoms. The molecule has 1 unspecified atom stereocenters. The first-order chi connectivity index (χ1) is 9.88. The molecule has 0 saturated heterocycles. The van der Waals surface area contributed by atoms with Crippen LogP contribution in [-0.4, -0.2) is 4.57 Å². The van der Waals surface area contributed by atoms with Crippen molar-refractivity contribution in [3.63, 3.8) is 0 Å². The number of rotatable bonds is 7. The Morgan fingerprint density at radius 1 is 1.14 bits per heavy atom. The van der Waals surface area contributed by atoms with Crippen molar-refractivity contribution in [2.45, 2.75) is 47.1 Å². The van der Waals surface area contributed by atoms with Gasteiger partial charge in [-0.1, -0.05) is 64.3 Å². The Morgan fingerprint density at radius 2 is 1.76 bits per heavy atom. The first-order valence-electron chi connectivity index (χ1n) is 7.75. The molecule has 1 rings (SSSR count). The van der Waals surface area contributed by atoms with Gasteiger partial charge in [0.1, 0.15) is 0 Å².